The lowest BCUT2D eigenvalue weighted by Crippen LogP contribution is -1.94. The number of benzene rings is 2. The van der Waals surface area contributed by atoms with Crippen LogP contribution in [0.4, 0.5) is 5.69 Å². The molecule has 0 bridgehead atoms. The number of nitrogens with zero attached hydrogens (tertiary/aromatic N) is 3. The Bertz CT molecular complexity index is 1030. The highest BCUT2D eigenvalue weighted by Gasteiger charge is 2.17. The molecule has 2 heterocycles. The Kier molecular flexibility index (Phi) is 2.43. The lowest BCUT2D eigenvalue weighted by molar-refractivity contribution is -0.384. The third-order valence-electron chi connectivity index (χ3n) is 3.66. The van der Waals surface area contributed by atoms with Crippen molar-refractivity contribution >= 4 is 27.6 Å². The molecule has 0 aliphatic carbocycles. The van der Waals surface area contributed by atoms with Crippen LogP contribution in [0.2, 0.25) is 0 Å². The highest BCUT2D eigenvalue weighted by atomic mass is 16.6. The highest BCUT2D eigenvalue weighted by molar-refractivity contribution is 5.95. The van der Waals surface area contributed by atoms with Gasteiger partial charge in [0.15, 0.2) is 5.82 Å². The Morgan fingerprint density at radius 2 is 2.05 bits per heavy atom. The molecule has 4 aromatic rings. The first-order chi connectivity index (χ1) is 10.6. The van der Waals surface area contributed by atoms with Crippen molar-refractivity contribution in [1.82, 2.24) is 14.7 Å². The van der Waals surface area contributed by atoms with Crippen molar-refractivity contribution in [3.63, 3.8) is 0 Å². The molecule has 2 aromatic heterocycles. The van der Waals surface area contributed by atoms with E-state index in [1.807, 2.05) is 24.3 Å². The molecule has 7 heteroatoms. The zero-order valence-corrected chi connectivity index (χ0v) is 11.2. The van der Waals surface area contributed by atoms with Crippen molar-refractivity contribution in [2.24, 2.45) is 0 Å². The molecule has 0 aliphatic heterocycles. The van der Waals surface area contributed by atoms with Gasteiger partial charge in [-0.25, -0.2) is 4.98 Å². The van der Waals surface area contributed by atoms with Gasteiger partial charge in [-0.2, -0.15) is 4.73 Å². The van der Waals surface area contributed by atoms with E-state index in [0.29, 0.717) is 16.9 Å². The van der Waals surface area contributed by atoms with Gasteiger partial charge in [-0.1, -0.05) is 18.2 Å². The van der Waals surface area contributed by atoms with E-state index in [1.54, 1.807) is 6.20 Å². The van der Waals surface area contributed by atoms with Crippen LogP contribution in [0, 0.1) is 10.1 Å². The van der Waals surface area contributed by atoms with Gasteiger partial charge in [0.1, 0.15) is 5.52 Å². The average molecular weight is 294 g/mol. The molecule has 22 heavy (non-hydrogen) atoms. The molecule has 108 valence electrons. The van der Waals surface area contributed by atoms with Gasteiger partial charge in [-0.3, -0.25) is 10.1 Å². The smallest absolute Gasteiger partial charge is 0.271 e. The van der Waals surface area contributed by atoms with Crippen molar-refractivity contribution < 1.29 is 10.1 Å². The maximum absolute atomic E-state index is 10.9. The monoisotopic (exact) mass is 294 g/mol. The Balaban J connectivity index is 1.99. The summed E-state index contributed by atoms with van der Waals surface area (Å²) in [4.78, 5) is 17.8. The van der Waals surface area contributed by atoms with Crippen LogP contribution >= 0.6 is 0 Å². The summed E-state index contributed by atoms with van der Waals surface area (Å²) in [6.45, 7) is 0. The number of nitrogens with one attached hydrogen (secondary N) is 1. The number of aromatic nitrogens is 3. The summed E-state index contributed by atoms with van der Waals surface area (Å²) in [5.41, 5.74) is 2.36. The molecule has 2 N–H and O–H groups in total. The molecule has 0 fully saturated rings. The summed E-state index contributed by atoms with van der Waals surface area (Å²) < 4.78 is 0.887. The first-order valence-electron chi connectivity index (χ1n) is 6.58. The van der Waals surface area contributed by atoms with E-state index >= 15 is 0 Å². The molecule has 0 unspecified atom stereocenters. The average Bonchev–Trinajstić information content (AvgIpc) is 3.08. The number of imidazole rings is 1. The van der Waals surface area contributed by atoms with E-state index in [0.717, 1.165) is 21.2 Å². The van der Waals surface area contributed by atoms with Gasteiger partial charge in [-0.05, 0) is 12.1 Å². The molecule has 4 rings (SSSR count). The first-order valence-corrected chi connectivity index (χ1v) is 6.58. The first kappa shape index (κ1) is 12.4. The van der Waals surface area contributed by atoms with Crippen molar-refractivity contribution in [3.05, 3.63) is 58.8 Å². The number of non-ortho nitro benzene ring substituents is 1. The zero-order chi connectivity index (χ0) is 15.3. The maximum atomic E-state index is 10.9. The Labute approximate surface area is 123 Å². The lowest BCUT2D eigenvalue weighted by atomic mass is 10.2. The van der Waals surface area contributed by atoms with E-state index in [9.17, 15) is 15.3 Å². The third kappa shape index (κ3) is 1.65. The predicted molar refractivity (Wildman–Crippen MR) is 80.9 cm³/mol. The predicted octanol–water partition coefficient (Wildman–Crippen LogP) is 3.33. The molecule has 0 spiro atoms. The fraction of sp³-hybridized carbons (Fsp3) is 0. The van der Waals surface area contributed by atoms with Crippen LogP contribution in [-0.4, -0.2) is 24.8 Å². The third-order valence-corrected chi connectivity index (χ3v) is 3.66. The van der Waals surface area contributed by atoms with Crippen LogP contribution in [0.1, 0.15) is 0 Å². The second-order valence-electron chi connectivity index (χ2n) is 4.93. The minimum Gasteiger partial charge on any atom is -0.426 e. The summed E-state index contributed by atoms with van der Waals surface area (Å²) in [7, 11) is 0. The fourth-order valence-corrected chi connectivity index (χ4v) is 2.60. The number of aromatic amines is 1. The quantitative estimate of drug-likeness (QED) is 0.336. The standard InChI is InChI=1S/C15H10N4O3/c20-18-14-7-9(19(21)22)5-6-13(14)17-15(18)11-8-16-12-4-2-1-3-10(11)12/h1-8,16,20H. The molecular formula is C15H10N4O3. The van der Waals surface area contributed by atoms with Gasteiger partial charge in [0, 0.05) is 34.8 Å². The normalized spacial score (nSPS) is 11.3. The Morgan fingerprint density at radius 3 is 2.86 bits per heavy atom. The van der Waals surface area contributed by atoms with Gasteiger partial charge in [-0.15, -0.1) is 0 Å². The summed E-state index contributed by atoms with van der Waals surface area (Å²) in [6.07, 6.45) is 1.76. The number of para-hydroxylation sites is 1. The van der Waals surface area contributed by atoms with Gasteiger partial charge >= 0.3 is 0 Å². The number of H-pyrrole nitrogens is 1. The summed E-state index contributed by atoms with van der Waals surface area (Å²) in [5, 5.41) is 22.1. The Morgan fingerprint density at radius 1 is 1.23 bits per heavy atom. The molecular weight excluding hydrogens is 284 g/mol. The number of nitro benzene ring substituents is 1. The number of hydrogen-bond acceptors (Lipinski definition) is 4. The lowest BCUT2D eigenvalue weighted by Gasteiger charge is -1.99. The maximum Gasteiger partial charge on any atom is 0.271 e. The van der Waals surface area contributed by atoms with Crippen LogP contribution in [0.25, 0.3) is 33.3 Å². The largest absolute Gasteiger partial charge is 0.426 e. The second-order valence-corrected chi connectivity index (χ2v) is 4.93. The van der Waals surface area contributed by atoms with E-state index in [2.05, 4.69) is 9.97 Å². The molecule has 0 amide bonds. The number of rotatable bonds is 2. The van der Waals surface area contributed by atoms with Gasteiger partial charge < -0.3 is 10.2 Å². The van der Waals surface area contributed by atoms with Crippen LogP contribution < -0.4 is 0 Å². The van der Waals surface area contributed by atoms with Gasteiger partial charge in [0.2, 0.25) is 0 Å². The molecule has 0 radical (unpaired) electrons. The number of nitro groups is 1. The molecule has 0 aliphatic rings. The van der Waals surface area contributed by atoms with Crippen molar-refractivity contribution in [1.29, 1.82) is 0 Å². The summed E-state index contributed by atoms with van der Waals surface area (Å²) in [6, 6.07) is 11.9. The molecule has 0 saturated heterocycles. The van der Waals surface area contributed by atoms with Crippen LogP contribution in [0.15, 0.2) is 48.7 Å². The van der Waals surface area contributed by atoms with Crippen LogP contribution in [-0.2, 0) is 0 Å². The van der Waals surface area contributed by atoms with Crippen molar-refractivity contribution in [2.45, 2.75) is 0 Å². The summed E-state index contributed by atoms with van der Waals surface area (Å²) >= 11 is 0. The van der Waals surface area contributed by atoms with Crippen LogP contribution in [0.3, 0.4) is 0 Å². The Hall–Kier alpha value is -3.35. The van der Waals surface area contributed by atoms with E-state index < -0.39 is 4.92 Å². The summed E-state index contributed by atoms with van der Waals surface area (Å²) in [5.74, 6) is 0.341. The van der Waals surface area contributed by atoms with Gasteiger partial charge in [0.05, 0.1) is 10.4 Å². The highest BCUT2D eigenvalue weighted by Crippen LogP contribution is 2.30. The SMILES string of the molecule is O=[N+]([O-])c1ccc2nc(-c3c[nH]c4ccccc34)n(O)c2c1. The van der Waals surface area contributed by atoms with Crippen LogP contribution in [0.5, 0.6) is 0 Å². The topological polar surface area (TPSA) is 97.0 Å². The fourth-order valence-electron chi connectivity index (χ4n) is 2.60. The van der Waals surface area contributed by atoms with E-state index in [4.69, 9.17) is 0 Å². The molecule has 0 saturated carbocycles. The number of fused-ring (bicyclic) bond motifs is 2. The van der Waals surface area contributed by atoms with E-state index in [1.165, 1.54) is 18.2 Å². The number of hydrogen-bond donors (Lipinski definition) is 2. The molecule has 7 nitrogen and oxygen atoms in total. The minimum atomic E-state index is -0.502. The van der Waals surface area contributed by atoms with E-state index in [-0.39, 0.29) is 5.69 Å². The minimum absolute atomic E-state index is 0.0897. The second kappa shape index (κ2) is 4.32. The molecule has 0 atom stereocenters. The van der Waals surface area contributed by atoms with Crippen molar-refractivity contribution in [2.75, 3.05) is 0 Å². The van der Waals surface area contributed by atoms with Gasteiger partial charge in [0.25, 0.3) is 5.69 Å². The van der Waals surface area contributed by atoms with Crippen molar-refractivity contribution in [3.8, 4) is 11.4 Å². The molecule has 2 aromatic carbocycles. The zero-order valence-electron chi connectivity index (χ0n) is 11.2.